The van der Waals surface area contributed by atoms with Crippen molar-refractivity contribution < 1.29 is 13.2 Å². The van der Waals surface area contributed by atoms with Crippen LogP contribution >= 0.6 is 11.8 Å². The Kier molecular flexibility index (Phi) is 6.60. The Labute approximate surface area is 187 Å². The number of benzene rings is 2. The van der Waals surface area contributed by atoms with Gasteiger partial charge in [0.15, 0.2) is 0 Å². The standard InChI is InChI=1S/C23H25N3O3S2/c1-17(30-22-12-13-24-21-11-4-3-10-20(21)22)23(27)25-18-8-7-9-19(16-18)31(28,29)26-14-5-2-6-15-26/h3-4,7-13,16-17H,2,5-6,14-15H2,1H3,(H,25,27). The molecule has 1 aromatic heterocycles. The number of rotatable bonds is 6. The number of anilines is 1. The third-order valence-corrected chi connectivity index (χ3v) is 8.41. The van der Waals surface area contributed by atoms with Gasteiger partial charge in [-0.25, -0.2) is 8.42 Å². The second-order valence-corrected chi connectivity index (χ2v) is 10.9. The minimum atomic E-state index is -3.54. The number of fused-ring (bicyclic) bond motifs is 1. The molecule has 0 spiro atoms. The second-order valence-electron chi connectivity index (χ2n) is 7.57. The lowest BCUT2D eigenvalue weighted by Gasteiger charge is -2.26. The van der Waals surface area contributed by atoms with Crippen molar-refractivity contribution in [2.75, 3.05) is 18.4 Å². The predicted octanol–water partition coefficient (Wildman–Crippen LogP) is 4.53. The van der Waals surface area contributed by atoms with Crippen LogP contribution in [-0.2, 0) is 14.8 Å². The van der Waals surface area contributed by atoms with Crippen LogP contribution in [0.3, 0.4) is 0 Å². The van der Waals surface area contributed by atoms with Gasteiger partial charge in [0.1, 0.15) is 0 Å². The maximum Gasteiger partial charge on any atom is 0.243 e. The molecular weight excluding hydrogens is 430 g/mol. The van der Waals surface area contributed by atoms with E-state index in [2.05, 4.69) is 10.3 Å². The van der Waals surface area contributed by atoms with Crippen LogP contribution in [-0.4, -0.2) is 42.0 Å². The highest BCUT2D eigenvalue weighted by Gasteiger charge is 2.26. The first-order valence-electron chi connectivity index (χ1n) is 10.4. The Hall–Kier alpha value is -2.42. The van der Waals surface area contributed by atoms with Crippen molar-refractivity contribution in [3.05, 3.63) is 60.8 Å². The normalized spacial score (nSPS) is 16.2. The zero-order valence-corrected chi connectivity index (χ0v) is 19.0. The van der Waals surface area contributed by atoms with E-state index in [9.17, 15) is 13.2 Å². The molecule has 162 valence electrons. The van der Waals surface area contributed by atoms with Crippen molar-refractivity contribution in [1.29, 1.82) is 0 Å². The minimum Gasteiger partial charge on any atom is -0.325 e. The molecule has 6 nitrogen and oxygen atoms in total. The molecule has 1 N–H and O–H groups in total. The number of carbonyl (C=O) groups excluding carboxylic acids is 1. The number of sulfonamides is 1. The van der Waals surface area contributed by atoms with E-state index < -0.39 is 10.0 Å². The van der Waals surface area contributed by atoms with Gasteiger partial charge in [-0.2, -0.15) is 4.31 Å². The highest BCUT2D eigenvalue weighted by Crippen LogP contribution is 2.30. The van der Waals surface area contributed by atoms with Gasteiger partial charge < -0.3 is 5.32 Å². The summed E-state index contributed by atoms with van der Waals surface area (Å²) in [5.74, 6) is -0.182. The summed E-state index contributed by atoms with van der Waals surface area (Å²) in [4.78, 5) is 18.4. The van der Waals surface area contributed by atoms with Gasteiger partial charge in [-0.15, -0.1) is 11.8 Å². The van der Waals surface area contributed by atoms with Crippen LogP contribution in [0.1, 0.15) is 26.2 Å². The van der Waals surface area contributed by atoms with E-state index in [1.165, 1.54) is 16.1 Å². The maximum atomic E-state index is 12.9. The van der Waals surface area contributed by atoms with Crippen LogP contribution in [0.15, 0.2) is 70.6 Å². The summed E-state index contributed by atoms with van der Waals surface area (Å²) in [7, 11) is -3.54. The van der Waals surface area contributed by atoms with Crippen LogP contribution in [0, 0.1) is 0 Å². The number of nitrogens with zero attached hydrogens (tertiary/aromatic N) is 2. The fraction of sp³-hybridized carbons (Fsp3) is 0.304. The molecule has 1 unspecified atom stereocenters. The number of hydrogen-bond donors (Lipinski definition) is 1. The number of piperidine rings is 1. The highest BCUT2D eigenvalue weighted by molar-refractivity contribution is 8.00. The summed E-state index contributed by atoms with van der Waals surface area (Å²) in [6, 6.07) is 16.2. The molecule has 3 aromatic rings. The molecule has 1 aliphatic heterocycles. The number of thioether (sulfide) groups is 1. The third kappa shape index (κ3) is 4.92. The molecule has 0 aliphatic carbocycles. The number of amides is 1. The lowest BCUT2D eigenvalue weighted by molar-refractivity contribution is -0.115. The van der Waals surface area contributed by atoms with Crippen molar-refractivity contribution in [1.82, 2.24) is 9.29 Å². The monoisotopic (exact) mass is 455 g/mol. The van der Waals surface area contributed by atoms with Gasteiger partial charge >= 0.3 is 0 Å². The molecule has 1 fully saturated rings. The molecular formula is C23H25N3O3S2. The molecule has 4 rings (SSSR count). The molecule has 1 saturated heterocycles. The minimum absolute atomic E-state index is 0.182. The molecule has 0 radical (unpaired) electrons. The summed E-state index contributed by atoms with van der Waals surface area (Å²) in [6.45, 7) is 2.93. The summed E-state index contributed by atoms with van der Waals surface area (Å²) in [5.41, 5.74) is 1.37. The fourth-order valence-corrected chi connectivity index (χ4v) is 6.20. The van der Waals surface area contributed by atoms with Gasteiger partial charge in [0.05, 0.1) is 15.7 Å². The SMILES string of the molecule is CC(Sc1ccnc2ccccc12)C(=O)Nc1cccc(S(=O)(=O)N2CCCCC2)c1. The van der Waals surface area contributed by atoms with E-state index in [4.69, 9.17) is 0 Å². The van der Waals surface area contributed by atoms with Crippen LogP contribution in [0.5, 0.6) is 0 Å². The van der Waals surface area contributed by atoms with Crippen LogP contribution in [0.2, 0.25) is 0 Å². The average molecular weight is 456 g/mol. The Morgan fingerprint density at radius 2 is 1.84 bits per heavy atom. The number of hydrogen-bond acceptors (Lipinski definition) is 5. The number of para-hydroxylation sites is 1. The van der Waals surface area contributed by atoms with Gasteiger partial charge in [-0.3, -0.25) is 9.78 Å². The van der Waals surface area contributed by atoms with Crippen molar-refractivity contribution in [3.63, 3.8) is 0 Å². The fourth-order valence-electron chi connectivity index (χ4n) is 3.65. The lowest BCUT2D eigenvalue weighted by atomic mass is 10.2. The molecule has 0 saturated carbocycles. The quantitative estimate of drug-likeness (QED) is 0.553. The maximum absolute atomic E-state index is 12.9. The molecule has 2 aromatic carbocycles. The van der Waals surface area contributed by atoms with E-state index in [0.29, 0.717) is 18.8 Å². The van der Waals surface area contributed by atoms with Crippen LogP contribution in [0.25, 0.3) is 10.9 Å². The largest absolute Gasteiger partial charge is 0.325 e. The van der Waals surface area contributed by atoms with E-state index >= 15 is 0 Å². The van der Waals surface area contributed by atoms with E-state index in [1.54, 1.807) is 30.5 Å². The second kappa shape index (κ2) is 9.38. The third-order valence-electron chi connectivity index (χ3n) is 5.34. The van der Waals surface area contributed by atoms with Gasteiger partial charge in [-0.1, -0.05) is 30.7 Å². The van der Waals surface area contributed by atoms with Gasteiger partial charge in [0.25, 0.3) is 0 Å². The first kappa shape index (κ1) is 21.8. The van der Waals surface area contributed by atoms with Crippen molar-refractivity contribution in [2.24, 2.45) is 0 Å². The lowest BCUT2D eigenvalue weighted by Crippen LogP contribution is -2.35. The zero-order chi connectivity index (χ0) is 21.8. The first-order valence-corrected chi connectivity index (χ1v) is 12.7. The molecule has 0 bridgehead atoms. The number of carbonyl (C=O) groups is 1. The Balaban J connectivity index is 1.47. The topological polar surface area (TPSA) is 79.4 Å². The Bertz CT molecular complexity index is 1190. The van der Waals surface area contributed by atoms with E-state index in [1.807, 2.05) is 37.3 Å². The Morgan fingerprint density at radius 1 is 1.06 bits per heavy atom. The first-order chi connectivity index (χ1) is 14.9. The molecule has 1 amide bonds. The van der Waals surface area contributed by atoms with Gasteiger partial charge in [0, 0.05) is 35.3 Å². The summed E-state index contributed by atoms with van der Waals surface area (Å²) in [5, 5.41) is 3.50. The van der Waals surface area contributed by atoms with Crippen LogP contribution < -0.4 is 5.32 Å². The van der Waals surface area contributed by atoms with Crippen molar-refractivity contribution in [3.8, 4) is 0 Å². The summed E-state index contributed by atoms with van der Waals surface area (Å²) < 4.78 is 27.4. The van der Waals surface area contributed by atoms with Crippen molar-refractivity contribution in [2.45, 2.75) is 41.2 Å². The predicted molar refractivity (Wildman–Crippen MR) is 125 cm³/mol. The van der Waals surface area contributed by atoms with Gasteiger partial charge in [-0.05, 0) is 50.1 Å². The molecule has 31 heavy (non-hydrogen) atoms. The number of aromatic nitrogens is 1. The zero-order valence-electron chi connectivity index (χ0n) is 17.3. The van der Waals surface area contributed by atoms with Crippen LogP contribution in [0.4, 0.5) is 5.69 Å². The molecule has 1 atom stereocenters. The summed E-state index contributed by atoms with van der Waals surface area (Å²) >= 11 is 1.45. The van der Waals surface area contributed by atoms with Gasteiger partial charge in [0.2, 0.25) is 15.9 Å². The van der Waals surface area contributed by atoms with E-state index in [-0.39, 0.29) is 16.1 Å². The average Bonchev–Trinajstić information content (AvgIpc) is 2.80. The highest BCUT2D eigenvalue weighted by atomic mass is 32.2. The van der Waals surface area contributed by atoms with Crippen molar-refractivity contribution >= 4 is 44.3 Å². The van der Waals surface area contributed by atoms with E-state index in [0.717, 1.165) is 35.1 Å². The molecule has 1 aliphatic rings. The Morgan fingerprint density at radius 3 is 2.65 bits per heavy atom. The number of nitrogens with one attached hydrogen (secondary N) is 1. The molecule has 2 heterocycles. The smallest absolute Gasteiger partial charge is 0.243 e. The molecule has 8 heteroatoms. The summed E-state index contributed by atoms with van der Waals surface area (Å²) in [6.07, 6.45) is 4.57. The number of pyridine rings is 1.